The van der Waals surface area contributed by atoms with Gasteiger partial charge in [0.05, 0.1) is 0 Å². The second-order valence-electron chi connectivity index (χ2n) is 4.83. The fourth-order valence-corrected chi connectivity index (χ4v) is 2.35. The van der Waals surface area contributed by atoms with Crippen LogP contribution >= 0.6 is 11.6 Å². The van der Waals surface area contributed by atoms with Gasteiger partial charge in [0.25, 0.3) is 0 Å². The highest BCUT2D eigenvalue weighted by atomic mass is 35.5. The van der Waals surface area contributed by atoms with Gasteiger partial charge >= 0.3 is 6.18 Å². The van der Waals surface area contributed by atoms with Crippen LogP contribution in [0.5, 0.6) is 0 Å². The Labute approximate surface area is 126 Å². The highest BCUT2D eigenvalue weighted by molar-refractivity contribution is 6.30. The Bertz CT molecular complexity index is 584. The molecule has 21 heavy (non-hydrogen) atoms. The van der Waals surface area contributed by atoms with Gasteiger partial charge in [-0.15, -0.1) is 0 Å². The summed E-state index contributed by atoms with van der Waals surface area (Å²) < 4.78 is 39.8. The first-order valence-electron chi connectivity index (χ1n) is 6.51. The van der Waals surface area contributed by atoms with Gasteiger partial charge in [0.1, 0.15) is 6.04 Å². The number of benzene rings is 2. The highest BCUT2D eigenvalue weighted by Gasteiger charge is 2.41. The minimum absolute atomic E-state index is 0.193. The van der Waals surface area contributed by atoms with Crippen LogP contribution in [-0.4, -0.2) is 6.18 Å². The molecule has 2 unspecified atom stereocenters. The zero-order chi connectivity index (χ0) is 15.5. The number of alkyl halides is 3. The van der Waals surface area contributed by atoms with Crippen molar-refractivity contribution in [2.45, 2.75) is 25.2 Å². The standard InChI is InChI=1S/C16H15ClF3N/c1-11(13-8-5-9-14(17)10-13)21-15(16(18,19)20)12-6-3-2-4-7-12/h2-11,15,21H,1H3. The van der Waals surface area contributed by atoms with E-state index in [-0.39, 0.29) is 5.56 Å². The van der Waals surface area contributed by atoms with Gasteiger partial charge in [-0.2, -0.15) is 13.2 Å². The highest BCUT2D eigenvalue weighted by Crippen LogP contribution is 2.34. The van der Waals surface area contributed by atoms with Gasteiger partial charge < -0.3 is 0 Å². The van der Waals surface area contributed by atoms with Gasteiger partial charge in [0.15, 0.2) is 0 Å². The van der Waals surface area contributed by atoms with Crippen molar-refractivity contribution < 1.29 is 13.2 Å². The Kier molecular flexibility index (Phi) is 4.91. The minimum Gasteiger partial charge on any atom is -0.296 e. The Morgan fingerprint density at radius 3 is 2.14 bits per heavy atom. The fraction of sp³-hybridized carbons (Fsp3) is 0.250. The molecule has 2 aromatic rings. The normalized spacial score (nSPS) is 14.7. The molecule has 0 fully saturated rings. The Morgan fingerprint density at radius 2 is 1.57 bits per heavy atom. The summed E-state index contributed by atoms with van der Waals surface area (Å²) >= 11 is 5.88. The van der Waals surface area contributed by atoms with Crippen LogP contribution in [0.4, 0.5) is 13.2 Å². The number of hydrogen-bond donors (Lipinski definition) is 1. The molecule has 5 heteroatoms. The molecule has 0 spiro atoms. The van der Waals surface area contributed by atoms with E-state index in [1.54, 1.807) is 49.4 Å². The fourth-order valence-electron chi connectivity index (χ4n) is 2.15. The molecular formula is C16H15ClF3N. The van der Waals surface area contributed by atoms with Crippen molar-refractivity contribution in [2.24, 2.45) is 0 Å². The first-order valence-corrected chi connectivity index (χ1v) is 6.89. The number of nitrogens with one attached hydrogen (secondary N) is 1. The molecule has 2 rings (SSSR count). The number of rotatable bonds is 4. The van der Waals surface area contributed by atoms with E-state index in [0.717, 1.165) is 0 Å². The van der Waals surface area contributed by atoms with Crippen LogP contribution < -0.4 is 5.32 Å². The molecule has 0 saturated carbocycles. The summed E-state index contributed by atoms with van der Waals surface area (Å²) in [7, 11) is 0. The largest absolute Gasteiger partial charge is 0.407 e. The number of halogens is 4. The predicted molar refractivity (Wildman–Crippen MR) is 78.2 cm³/mol. The smallest absolute Gasteiger partial charge is 0.296 e. The molecule has 0 heterocycles. The zero-order valence-electron chi connectivity index (χ0n) is 11.4. The summed E-state index contributed by atoms with van der Waals surface area (Å²) in [4.78, 5) is 0. The predicted octanol–water partition coefficient (Wildman–Crippen LogP) is 5.29. The molecule has 2 aromatic carbocycles. The third kappa shape index (κ3) is 4.22. The van der Waals surface area contributed by atoms with E-state index in [1.165, 1.54) is 12.1 Å². The van der Waals surface area contributed by atoms with E-state index in [4.69, 9.17) is 11.6 Å². The number of hydrogen-bond acceptors (Lipinski definition) is 1. The maximum absolute atomic E-state index is 13.3. The quantitative estimate of drug-likeness (QED) is 0.808. The van der Waals surface area contributed by atoms with E-state index < -0.39 is 18.3 Å². The second kappa shape index (κ2) is 6.50. The van der Waals surface area contributed by atoms with Crippen molar-refractivity contribution in [3.63, 3.8) is 0 Å². The lowest BCUT2D eigenvalue weighted by Gasteiger charge is -2.26. The summed E-state index contributed by atoms with van der Waals surface area (Å²) in [5.41, 5.74) is 0.909. The monoisotopic (exact) mass is 313 g/mol. The van der Waals surface area contributed by atoms with Gasteiger partial charge in [-0.3, -0.25) is 5.32 Å². The van der Waals surface area contributed by atoms with Gasteiger partial charge in [-0.05, 0) is 30.2 Å². The van der Waals surface area contributed by atoms with E-state index >= 15 is 0 Å². The molecule has 0 aliphatic heterocycles. The Hall–Kier alpha value is -1.52. The third-order valence-corrected chi connectivity index (χ3v) is 3.46. The minimum atomic E-state index is -4.37. The van der Waals surface area contributed by atoms with Crippen molar-refractivity contribution in [2.75, 3.05) is 0 Å². The van der Waals surface area contributed by atoms with Gasteiger partial charge in [0.2, 0.25) is 0 Å². The molecule has 0 radical (unpaired) electrons. The maximum Gasteiger partial charge on any atom is 0.407 e. The van der Waals surface area contributed by atoms with Gasteiger partial charge in [0, 0.05) is 11.1 Å². The molecule has 0 saturated heterocycles. The van der Waals surface area contributed by atoms with Crippen LogP contribution in [0, 0.1) is 0 Å². The molecule has 0 aliphatic rings. The van der Waals surface area contributed by atoms with Crippen molar-refractivity contribution in [1.82, 2.24) is 5.32 Å². The maximum atomic E-state index is 13.3. The molecule has 0 aliphatic carbocycles. The molecule has 0 amide bonds. The molecule has 0 bridgehead atoms. The lowest BCUT2D eigenvalue weighted by Crippen LogP contribution is -2.35. The van der Waals surface area contributed by atoms with Crippen LogP contribution in [0.1, 0.15) is 30.1 Å². The third-order valence-electron chi connectivity index (χ3n) is 3.23. The lowest BCUT2D eigenvalue weighted by molar-refractivity contribution is -0.159. The topological polar surface area (TPSA) is 12.0 Å². The molecule has 1 nitrogen and oxygen atoms in total. The molecule has 1 N–H and O–H groups in total. The van der Waals surface area contributed by atoms with Gasteiger partial charge in [-0.25, -0.2) is 0 Å². The van der Waals surface area contributed by atoms with Gasteiger partial charge in [-0.1, -0.05) is 54.1 Å². The Balaban J connectivity index is 2.24. The first-order chi connectivity index (χ1) is 9.88. The molecule has 0 aromatic heterocycles. The average Bonchev–Trinajstić information content (AvgIpc) is 2.44. The summed E-state index contributed by atoms with van der Waals surface area (Å²) in [6.07, 6.45) is -4.37. The summed E-state index contributed by atoms with van der Waals surface area (Å²) in [5.74, 6) is 0. The van der Waals surface area contributed by atoms with Crippen molar-refractivity contribution in [3.8, 4) is 0 Å². The zero-order valence-corrected chi connectivity index (χ0v) is 12.1. The Morgan fingerprint density at radius 1 is 0.952 bits per heavy atom. The second-order valence-corrected chi connectivity index (χ2v) is 5.27. The summed E-state index contributed by atoms with van der Waals surface area (Å²) in [6.45, 7) is 1.69. The van der Waals surface area contributed by atoms with Crippen LogP contribution in [0.15, 0.2) is 54.6 Å². The lowest BCUT2D eigenvalue weighted by atomic mass is 10.0. The average molecular weight is 314 g/mol. The van der Waals surface area contributed by atoms with E-state index in [1.807, 2.05) is 0 Å². The van der Waals surface area contributed by atoms with E-state index in [0.29, 0.717) is 10.6 Å². The molecular weight excluding hydrogens is 299 g/mol. The van der Waals surface area contributed by atoms with Crippen molar-refractivity contribution >= 4 is 11.6 Å². The van der Waals surface area contributed by atoms with Crippen molar-refractivity contribution in [3.05, 3.63) is 70.7 Å². The van der Waals surface area contributed by atoms with Crippen LogP contribution in [-0.2, 0) is 0 Å². The van der Waals surface area contributed by atoms with Crippen LogP contribution in [0.2, 0.25) is 5.02 Å². The van der Waals surface area contributed by atoms with Crippen LogP contribution in [0.25, 0.3) is 0 Å². The summed E-state index contributed by atoms with van der Waals surface area (Å²) in [5, 5.41) is 3.14. The SMILES string of the molecule is CC(NC(c1ccccc1)C(F)(F)F)c1cccc(Cl)c1. The van der Waals surface area contributed by atoms with E-state index in [9.17, 15) is 13.2 Å². The van der Waals surface area contributed by atoms with Crippen molar-refractivity contribution in [1.29, 1.82) is 0 Å². The first kappa shape index (κ1) is 15.9. The van der Waals surface area contributed by atoms with E-state index in [2.05, 4.69) is 5.32 Å². The summed E-state index contributed by atoms with van der Waals surface area (Å²) in [6, 6.07) is 12.5. The molecule has 112 valence electrons. The van der Waals surface area contributed by atoms with Crippen LogP contribution in [0.3, 0.4) is 0 Å². The molecule has 2 atom stereocenters.